The molecule has 0 aromatic rings. The van der Waals surface area contributed by atoms with Gasteiger partial charge < -0.3 is 11.5 Å². The SMILES string of the molecule is NC(N)=S.P.[Au+]. The molecule has 0 heterocycles. The second-order valence-corrected chi connectivity index (χ2v) is 0.874. The first-order valence-corrected chi connectivity index (χ1v) is 1.19. The van der Waals surface area contributed by atoms with Gasteiger partial charge in [0.1, 0.15) is 0 Å². The van der Waals surface area contributed by atoms with Crippen molar-refractivity contribution < 1.29 is 22.4 Å². The molecule has 5 heteroatoms. The van der Waals surface area contributed by atoms with Crippen molar-refractivity contribution in [2.75, 3.05) is 0 Å². The quantitative estimate of drug-likeness (QED) is 0.352. The number of hydrogen-bond acceptors (Lipinski definition) is 1. The fourth-order valence-corrected chi connectivity index (χ4v) is 0. The Hall–Kier alpha value is 0.860. The largest absolute Gasteiger partial charge is 1.00 e. The molecule has 0 aromatic carbocycles. The topological polar surface area (TPSA) is 52.0 Å². The monoisotopic (exact) mass is 307 g/mol. The van der Waals surface area contributed by atoms with E-state index in [1.54, 1.807) is 0 Å². The van der Waals surface area contributed by atoms with E-state index in [4.69, 9.17) is 0 Å². The van der Waals surface area contributed by atoms with Crippen LogP contribution in [0, 0.1) is 0 Å². The molecule has 0 aliphatic heterocycles. The van der Waals surface area contributed by atoms with E-state index in [0.29, 0.717) is 0 Å². The van der Waals surface area contributed by atoms with E-state index in [9.17, 15) is 0 Å². The fraction of sp³-hybridized carbons (Fsp3) is 0. The average molecular weight is 307 g/mol. The van der Waals surface area contributed by atoms with Crippen LogP contribution in [0.1, 0.15) is 0 Å². The Kier molecular flexibility index (Phi) is 24.5. The van der Waals surface area contributed by atoms with E-state index in [1.807, 2.05) is 0 Å². The minimum absolute atomic E-state index is 0. The second-order valence-electron chi connectivity index (χ2n) is 0.402. The van der Waals surface area contributed by atoms with Gasteiger partial charge in [-0.05, 0) is 12.2 Å². The maximum absolute atomic E-state index is 4.62. The van der Waals surface area contributed by atoms with Crippen molar-refractivity contribution in [2.45, 2.75) is 0 Å². The number of rotatable bonds is 0. The summed E-state index contributed by atoms with van der Waals surface area (Å²) < 4.78 is 0. The van der Waals surface area contributed by atoms with Crippen molar-refractivity contribution in [2.24, 2.45) is 11.5 Å². The number of thiocarbonyl (C=S) groups is 1. The number of hydrogen-bond donors (Lipinski definition) is 2. The van der Waals surface area contributed by atoms with Crippen LogP contribution >= 0.6 is 22.1 Å². The maximum Gasteiger partial charge on any atom is 1.00 e. The summed E-state index contributed by atoms with van der Waals surface area (Å²) in [5.41, 5.74) is 9.24. The molecule has 0 aliphatic carbocycles. The zero-order valence-electron chi connectivity index (χ0n) is 3.07. The summed E-state index contributed by atoms with van der Waals surface area (Å²) >= 11 is 4.09. The zero-order chi connectivity index (χ0) is 3.58. The molecule has 6 heavy (non-hydrogen) atoms. The molecule has 0 bridgehead atoms. The predicted molar refractivity (Wildman–Crippen MR) is 32.1 cm³/mol. The Balaban J connectivity index is -0.0000000450. The molecule has 42 valence electrons. The first-order valence-electron chi connectivity index (χ1n) is 0.781. The average Bonchev–Trinajstić information content (AvgIpc) is 0.811. The Labute approximate surface area is 61.2 Å². The third-order valence-electron chi connectivity index (χ3n) is 0. The fourth-order valence-electron chi connectivity index (χ4n) is 0. The Morgan fingerprint density at radius 2 is 1.33 bits per heavy atom. The molecule has 0 aliphatic rings. The molecule has 0 rings (SSSR count). The van der Waals surface area contributed by atoms with Crippen molar-refractivity contribution in [1.29, 1.82) is 0 Å². The van der Waals surface area contributed by atoms with Gasteiger partial charge in [0.25, 0.3) is 0 Å². The Morgan fingerprint density at radius 3 is 1.33 bits per heavy atom. The van der Waals surface area contributed by atoms with Crippen LogP contribution in [0.5, 0.6) is 0 Å². The summed E-state index contributed by atoms with van der Waals surface area (Å²) in [6.07, 6.45) is 0. The molecule has 1 atom stereocenters. The standard InChI is InChI=1S/CH4N2S.Au.H3P/c2-1(3)4;;/h(H4,2,3,4);;1H3/q;+1;. The van der Waals surface area contributed by atoms with E-state index >= 15 is 0 Å². The summed E-state index contributed by atoms with van der Waals surface area (Å²) in [6.45, 7) is 0. The minimum atomic E-state index is 0. The van der Waals surface area contributed by atoms with E-state index < -0.39 is 0 Å². The van der Waals surface area contributed by atoms with Crippen LogP contribution in [0.2, 0.25) is 0 Å². The van der Waals surface area contributed by atoms with Crippen molar-refractivity contribution >= 4 is 27.2 Å². The summed E-state index contributed by atoms with van der Waals surface area (Å²) in [5.74, 6) is 0. The second kappa shape index (κ2) is 9.29. The summed E-state index contributed by atoms with van der Waals surface area (Å²) in [5, 5.41) is 0.000000000000000222. The van der Waals surface area contributed by atoms with Gasteiger partial charge in [-0.25, -0.2) is 0 Å². The molecule has 0 aromatic heterocycles. The van der Waals surface area contributed by atoms with Crippen molar-refractivity contribution in [3.8, 4) is 0 Å². The normalized spacial score (nSPS) is 4.00. The van der Waals surface area contributed by atoms with Gasteiger partial charge in [-0.1, -0.05) is 0 Å². The van der Waals surface area contributed by atoms with Crippen LogP contribution in [0.4, 0.5) is 0 Å². The van der Waals surface area contributed by atoms with Gasteiger partial charge in [-0.15, -0.1) is 0 Å². The summed E-state index contributed by atoms with van der Waals surface area (Å²) in [6, 6.07) is 0. The van der Waals surface area contributed by atoms with Gasteiger partial charge in [0.2, 0.25) is 0 Å². The van der Waals surface area contributed by atoms with E-state index in [0.717, 1.165) is 0 Å². The van der Waals surface area contributed by atoms with Gasteiger partial charge in [0.15, 0.2) is 5.11 Å². The van der Waals surface area contributed by atoms with Crippen LogP contribution in [0.15, 0.2) is 0 Å². The molecule has 1 unspecified atom stereocenters. The van der Waals surface area contributed by atoms with Crippen LogP contribution in [-0.4, -0.2) is 5.11 Å². The number of nitrogens with two attached hydrogens (primary N) is 2. The van der Waals surface area contributed by atoms with Crippen LogP contribution in [-0.2, 0) is 22.4 Å². The molecule has 0 radical (unpaired) electrons. The third kappa shape index (κ3) is 97.9. The van der Waals surface area contributed by atoms with Gasteiger partial charge >= 0.3 is 22.4 Å². The maximum atomic E-state index is 4.62. The van der Waals surface area contributed by atoms with Crippen LogP contribution < -0.4 is 11.5 Å². The molecule has 0 saturated carbocycles. The Morgan fingerprint density at radius 1 is 1.33 bits per heavy atom. The predicted octanol–water partition coefficient (Wildman–Crippen LogP) is -0.756. The first kappa shape index (κ1) is 15.8. The van der Waals surface area contributed by atoms with E-state index in [2.05, 4.69) is 23.7 Å². The molecule has 4 N–H and O–H groups in total. The smallest absolute Gasteiger partial charge is 0.377 e. The van der Waals surface area contributed by atoms with Crippen molar-refractivity contribution in [3.05, 3.63) is 0 Å². The third-order valence-corrected chi connectivity index (χ3v) is 0. The molecule has 0 fully saturated rings. The van der Waals surface area contributed by atoms with Gasteiger partial charge in [0, 0.05) is 0 Å². The van der Waals surface area contributed by atoms with Crippen LogP contribution in [0.25, 0.3) is 0 Å². The van der Waals surface area contributed by atoms with Crippen molar-refractivity contribution in [1.82, 2.24) is 0 Å². The zero-order valence-corrected chi connectivity index (χ0v) is 7.47. The van der Waals surface area contributed by atoms with E-state index in [1.165, 1.54) is 0 Å². The Bertz CT molecular complexity index is 36.5. The molecule has 0 saturated heterocycles. The van der Waals surface area contributed by atoms with Crippen molar-refractivity contribution in [3.63, 3.8) is 0 Å². The summed E-state index contributed by atoms with van der Waals surface area (Å²) in [4.78, 5) is 0. The first-order chi connectivity index (χ1) is 1.73. The molecule has 2 nitrogen and oxygen atoms in total. The van der Waals surface area contributed by atoms with Gasteiger partial charge in [-0.2, -0.15) is 9.90 Å². The summed E-state index contributed by atoms with van der Waals surface area (Å²) in [7, 11) is 0. The van der Waals surface area contributed by atoms with Gasteiger partial charge in [-0.3, -0.25) is 0 Å². The molecule has 0 spiro atoms. The molecular formula is CH7AuN2PS+. The van der Waals surface area contributed by atoms with E-state index in [-0.39, 0.29) is 37.4 Å². The molecule has 0 amide bonds. The minimum Gasteiger partial charge on any atom is -0.377 e. The molecular weight excluding hydrogens is 300 g/mol. The van der Waals surface area contributed by atoms with Crippen LogP contribution in [0.3, 0.4) is 0 Å². The van der Waals surface area contributed by atoms with Gasteiger partial charge in [0.05, 0.1) is 0 Å².